The molecular weight excluding hydrogens is 288 g/mol. The van der Waals surface area contributed by atoms with Crippen LogP contribution in [0.2, 0.25) is 0 Å². The molecule has 0 unspecified atom stereocenters. The van der Waals surface area contributed by atoms with Crippen LogP contribution >= 0.6 is 0 Å². The van der Waals surface area contributed by atoms with Crippen LogP contribution in [0.5, 0.6) is 0 Å². The van der Waals surface area contributed by atoms with Gasteiger partial charge in [-0.25, -0.2) is 9.97 Å². The number of nitrogens with zero attached hydrogens (tertiary/aromatic N) is 4. The van der Waals surface area contributed by atoms with Crippen LogP contribution in [-0.4, -0.2) is 24.5 Å². The Hall–Kier alpha value is -3.15. The molecule has 0 aromatic carbocycles. The van der Waals surface area contributed by atoms with Gasteiger partial charge in [0.05, 0.1) is 0 Å². The minimum Gasteiger partial charge on any atom is -0.366 e. The van der Waals surface area contributed by atoms with E-state index in [0.717, 1.165) is 33.8 Å². The van der Waals surface area contributed by atoms with E-state index >= 15 is 0 Å². The van der Waals surface area contributed by atoms with Crippen LogP contribution in [0.4, 0.5) is 5.82 Å². The molecule has 4 heterocycles. The first-order valence-electron chi connectivity index (χ1n) is 7.40. The van der Waals surface area contributed by atoms with Gasteiger partial charge in [-0.3, -0.25) is 4.98 Å². The number of aromatic nitrogens is 5. The number of rotatable bonds is 4. The summed E-state index contributed by atoms with van der Waals surface area (Å²) in [5.74, 6) is 1.73. The molecule has 0 radical (unpaired) electrons. The maximum absolute atomic E-state index is 4.63. The molecule has 0 saturated heterocycles. The van der Waals surface area contributed by atoms with Gasteiger partial charge < -0.3 is 14.9 Å². The Balaban J connectivity index is 1.72. The molecule has 4 aromatic rings. The Morgan fingerprint density at radius 1 is 1.26 bits per heavy atom. The van der Waals surface area contributed by atoms with Gasteiger partial charge in [0.1, 0.15) is 17.3 Å². The van der Waals surface area contributed by atoms with Gasteiger partial charge in [-0.2, -0.15) is 0 Å². The van der Waals surface area contributed by atoms with Crippen LogP contribution in [0.25, 0.3) is 22.4 Å². The van der Waals surface area contributed by atoms with Crippen LogP contribution in [0, 0.1) is 0 Å². The molecule has 0 amide bonds. The van der Waals surface area contributed by atoms with Gasteiger partial charge in [-0.1, -0.05) is 6.07 Å². The molecule has 0 atom stereocenters. The third kappa shape index (κ3) is 2.55. The zero-order valence-electron chi connectivity index (χ0n) is 12.7. The number of H-pyrrole nitrogens is 1. The maximum Gasteiger partial charge on any atom is 0.140 e. The lowest BCUT2D eigenvalue weighted by Gasteiger charge is -2.09. The monoisotopic (exact) mass is 304 g/mol. The van der Waals surface area contributed by atoms with E-state index in [9.17, 15) is 0 Å². The van der Waals surface area contributed by atoms with Gasteiger partial charge >= 0.3 is 0 Å². The van der Waals surface area contributed by atoms with Crippen LogP contribution in [0.3, 0.4) is 0 Å². The van der Waals surface area contributed by atoms with Gasteiger partial charge in [-0.05, 0) is 23.8 Å². The summed E-state index contributed by atoms with van der Waals surface area (Å²) in [7, 11) is 1.99. The van der Waals surface area contributed by atoms with E-state index in [-0.39, 0.29) is 0 Å². The fourth-order valence-corrected chi connectivity index (χ4v) is 2.63. The Morgan fingerprint density at radius 2 is 2.22 bits per heavy atom. The molecule has 0 aliphatic carbocycles. The van der Waals surface area contributed by atoms with Crippen LogP contribution in [0.1, 0.15) is 5.56 Å². The lowest BCUT2D eigenvalue weighted by molar-refractivity contribution is 0.926. The Bertz CT molecular complexity index is 938. The molecule has 4 aromatic heterocycles. The molecule has 23 heavy (non-hydrogen) atoms. The molecule has 0 bridgehead atoms. The second-order valence-electron chi connectivity index (χ2n) is 5.37. The Labute approximate surface area is 133 Å². The zero-order valence-corrected chi connectivity index (χ0v) is 12.7. The highest BCUT2D eigenvalue weighted by Crippen LogP contribution is 2.28. The predicted molar refractivity (Wildman–Crippen MR) is 89.9 cm³/mol. The van der Waals surface area contributed by atoms with Crippen molar-refractivity contribution in [1.82, 2.24) is 24.5 Å². The van der Waals surface area contributed by atoms with Crippen molar-refractivity contribution in [3.63, 3.8) is 0 Å². The fourth-order valence-electron chi connectivity index (χ4n) is 2.63. The van der Waals surface area contributed by atoms with E-state index in [1.807, 2.05) is 54.5 Å². The second kappa shape index (κ2) is 5.57. The smallest absolute Gasteiger partial charge is 0.140 e. The predicted octanol–water partition coefficient (Wildman–Crippen LogP) is 2.97. The highest BCUT2D eigenvalue weighted by Gasteiger charge is 2.12. The minimum atomic E-state index is 0.674. The molecule has 0 fully saturated rings. The Kier molecular flexibility index (Phi) is 3.27. The minimum absolute atomic E-state index is 0.674. The number of imidazole rings is 1. The van der Waals surface area contributed by atoms with Crippen molar-refractivity contribution in [2.75, 3.05) is 5.32 Å². The Morgan fingerprint density at radius 3 is 3.00 bits per heavy atom. The van der Waals surface area contributed by atoms with Crippen molar-refractivity contribution in [3.05, 3.63) is 60.8 Å². The van der Waals surface area contributed by atoms with E-state index in [1.165, 1.54) is 0 Å². The molecule has 6 heteroatoms. The first-order chi connectivity index (χ1) is 11.3. The normalized spacial score (nSPS) is 11.0. The van der Waals surface area contributed by atoms with Gasteiger partial charge in [-0.15, -0.1) is 0 Å². The fraction of sp³-hybridized carbons (Fsp3) is 0.118. The maximum atomic E-state index is 4.63. The quantitative estimate of drug-likeness (QED) is 0.608. The van der Waals surface area contributed by atoms with Crippen molar-refractivity contribution in [2.45, 2.75) is 6.54 Å². The number of pyridine rings is 2. The van der Waals surface area contributed by atoms with Crippen LogP contribution < -0.4 is 5.32 Å². The number of nitrogens with one attached hydrogen (secondary N) is 2. The number of hydrogen-bond donors (Lipinski definition) is 2. The topological polar surface area (TPSA) is 71.4 Å². The molecule has 0 saturated carbocycles. The number of aryl methyl sites for hydroxylation is 1. The summed E-state index contributed by atoms with van der Waals surface area (Å²) in [5, 5.41) is 4.42. The van der Waals surface area contributed by atoms with Crippen molar-refractivity contribution in [1.29, 1.82) is 0 Å². The lowest BCUT2D eigenvalue weighted by Crippen LogP contribution is -2.03. The lowest BCUT2D eigenvalue weighted by atomic mass is 10.1. The van der Waals surface area contributed by atoms with E-state index in [0.29, 0.717) is 6.54 Å². The summed E-state index contributed by atoms with van der Waals surface area (Å²) in [6.07, 6.45) is 9.26. The molecule has 0 aliphatic rings. The third-order valence-electron chi connectivity index (χ3n) is 3.79. The molecule has 114 valence electrons. The molecule has 4 rings (SSSR count). The zero-order chi connectivity index (χ0) is 15.6. The first-order valence-corrected chi connectivity index (χ1v) is 7.40. The molecule has 0 spiro atoms. The number of aromatic amines is 1. The number of hydrogen-bond acceptors (Lipinski definition) is 4. The summed E-state index contributed by atoms with van der Waals surface area (Å²) < 4.78 is 2.01. The van der Waals surface area contributed by atoms with Gasteiger partial charge in [0.2, 0.25) is 0 Å². The summed E-state index contributed by atoms with van der Waals surface area (Å²) >= 11 is 0. The van der Waals surface area contributed by atoms with E-state index in [1.54, 1.807) is 12.4 Å². The van der Waals surface area contributed by atoms with Gasteiger partial charge in [0.15, 0.2) is 0 Å². The summed E-state index contributed by atoms with van der Waals surface area (Å²) in [6.45, 7) is 0.674. The van der Waals surface area contributed by atoms with Crippen molar-refractivity contribution in [3.8, 4) is 11.4 Å². The average Bonchev–Trinajstić information content (AvgIpc) is 3.22. The second-order valence-corrected chi connectivity index (χ2v) is 5.37. The number of fused-ring (bicyclic) bond motifs is 1. The number of anilines is 1. The molecule has 0 aliphatic heterocycles. The van der Waals surface area contributed by atoms with Gasteiger partial charge in [0, 0.05) is 55.5 Å². The van der Waals surface area contributed by atoms with Crippen LogP contribution in [0.15, 0.2) is 55.2 Å². The molecule has 2 N–H and O–H groups in total. The summed E-state index contributed by atoms with van der Waals surface area (Å²) in [6, 6.07) is 8.02. The summed E-state index contributed by atoms with van der Waals surface area (Å²) in [5.41, 5.74) is 3.01. The van der Waals surface area contributed by atoms with Crippen molar-refractivity contribution < 1.29 is 0 Å². The van der Waals surface area contributed by atoms with E-state index in [2.05, 4.69) is 25.3 Å². The van der Waals surface area contributed by atoms with E-state index < -0.39 is 0 Å². The SMILES string of the molecule is Cn1ccnc1-c1cc(NCc2cccnc2)nc2[nH]ccc12. The standard InChI is InChI=1S/C17H16N6/c1-23-8-7-20-17(23)14-9-15(22-16-13(14)4-6-19-16)21-11-12-3-2-5-18-10-12/h2-10H,11H2,1H3,(H2,19,21,22). The van der Waals surface area contributed by atoms with Gasteiger partial charge in [0.25, 0.3) is 0 Å². The van der Waals surface area contributed by atoms with Crippen molar-refractivity contribution in [2.24, 2.45) is 7.05 Å². The third-order valence-corrected chi connectivity index (χ3v) is 3.79. The van der Waals surface area contributed by atoms with Crippen molar-refractivity contribution >= 4 is 16.9 Å². The molecule has 6 nitrogen and oxygen atoms in total. The highest BCUT2D eigenvalue weighted by molar-refractivity contribution is 5.93. The average molecular weight is 304 g/mol. The first kappa shape index (κ1) is 13.5. The largest absolute Gasteiger partial charge is 0.366 e. The van der Waals surface area contributed by atoms with E-state index in [4.69, 9.17) is 0 Å². The van der Waals surface area contributed by atoms with Crippen LogP contribution in [-0.2, 0) is 13.6 Å². The summed E-state index contributed by atoms with van der Waals surface area (Å²) in [4.78, 5) is 16.4. The molecular formula is C17H16N6. The highest BCUT2D eigenvalue weighted by atomic mass is 15.0.